The molecule has 1 aliphatic rings. The Morgan fingerprint density at radius 1 is 1.23 bits per heavy atom. The number of hydrogen-bond acceptors (Lipinski definition) is 7. The molecule has 0 radical (unpaired) electrons. The third kappa shape index (κ3) is 4.81. The smallest absolute Gasteiger partial charge is 0.341 e. The van der Waals surface area contributed by atoms with E-state index >= 15 is 0 Å². The van der Waals surface area contributed by atoms with Crippen molar-refractivity contribution < 1.29 is 23.8 Å². The van der Waals surface area contributed by atoms with E-state index in [4.69, 9.17) is 14.2 Å². The van der Waals surface area contributed by atoms with Crippen LogP contribution in [0.25, 0.3) is 6.08 Å². The maximum Gasteiger partial charge on any atom is 0.341 e. The summed E-state index contributed by atoms with van der Waals surface area (Å²) in [4.78, 5) is 27.0. The van der Waals surface area contributed by atoms with Crippen LogP contribution in [-0.4, -0.2) is 25.3 Å². The lowest BCUT2D eigenvalue weighted by Gasteiger charge is -2.06. The van der Waals surface area contributed by atoms with Gasteiger partial charge in [-0.25, -0.2) is 4.79 Å². The number of amides is 1. The predicted octanol–water partition coefficient (Wildman–Crippen LogP) is 5.27. The fourth-order valence-electron chi connectivity index (χ4n) is 3.20. The molecule has 1 amide bonds. The number of rotatable bonds is 7. The molecule has 8 heteroatoms. The third-order valence-corrected chi connectivity index (χ3v) is 6.75. The van der Waals surface area contributed by atoms with Gasteiger partial charge >= 0.3 is 5.97 Å². The molecule has 0 bridgehead atoms. The average molecular weight is 456 g/mol. The van der Waals surface area contributed by atoms with Gasteiger partial charge in [-0.15, -0.1) is 22.7 Å². The van der Waals surface area contributed by atoms with Gasteiger partial charge in [0.15, 0.2) is 11.5 Å². The molecule has 0 saturated carbocycles. The van der Waals surface area contributed by atoms with Gasteiger partial charge in [0, 0.05) is 22.3 Å². The highest BCUT2D eigenvalue weighted by Crippen LogP contribution is 2.37. The summed E-state index contributed by atoms with van der Waals surface area (Å²) in [6.45, 7) is 4.12. The monoisotopic (exact) mass is 455 g/mol. The first-order chi connectivity index (χ1) is 15.0. The molecule has 0 aliphatic carbocycles. The summed E-state index contributed by atoms with van der Waals surface area (Å²) in [7, 11) is 0. The summed E-state index contributed by atoms with van der Waals surface area (Å²) in [5.41, 5.74) is 2.23. The minimum atomic E-state index is -0.439. The summed E-state index contributed by atoms with van der Waals surface area (Å²) >= 11 is 2.93. The molecule has 3 heterocycles. The molecule has 6 nitrogen and oxygen atoms in total. The van der Waals surface area contributed by atoms with Crippen LogP contribution in [0.2, 0.25) is 0 Å². The van der Waals surface area contributed by atoms with Gasteiger partial charge in [0.05, 0.1) is 12.2 Å². The number of hydrogen-bond donors (Lipinski definition) is 1. The maximum absolute atomic E-state index is 12.6. The Hall–Kier alpha value is -3.10. The molecule has 0 fully saturated rings. The van der Waals surface area contributed by atoms with E-state index in [2.05, 4.69) is 5.32 Å². The molecule has 0 spiro atoms. The summed E-state index contributed by atoms with van der Waals surface area (Å²) in [6.07, 6.45) is 3.81. The van der Waals surface area contributed by atoms with E-state index in [-0.39, 0.29) is 19.3 Å². The van der Waals surface area contributed by atoms with E-state index < -0.39 is 5.97 Å². The van der Waals surface area contributed by atoms with Crippen molar-refractivity contribution in [3.05, 3.63) is 68.2 Å². The minimum Gasteiger partial charge on any atom is -0.462 e. The third-order valence-electron chi connectivity index (χ3n) is 4.71. The second kappa shape index (κ2) is 9.36. The number of ether oxygens (including phenoxy) is 3. The summed E-state index contributed by atoms with van der Waals surface area (Å²) < 4.78 is 16.1. The van der Waals surface area contributed by atoms with Crippen molar-refractivity contribution in [1.29, 1.82) is 0 Å². The molecule has 160 valence electrons. The average Bonchev–Trinajstić information content (AvgIpc) is 3.48. The van der Waals surface area contributed by atoms with Crippen LogP contribution >= 0.6 is 22.7 Å². The Kier molecular flexibility index (Phi) is 6.39. The van der Waals surface area contributed by atoms with Crippen LogP contribution < -0.4 is 14.8 Å². The van der Waals surface area contributed by atoms with Crippen LogP contribution in [0, 0.1) is 6.92 Å². The van der Waals surface area contributed by atoms with E-state index in [0.29, 0.717) is 22.7 Å². The van der Waals surface area contributed by atoms with Gasteiger partial charge < -0.3 is 19.5 Å². The van der Waals surface area contributed by atoms with Crippen molar-refractivity contribution in [2.24, 2.45) is 0 Å². The lowest BCUT2D eigenvalue weighted by molar-refractivity contribution is -0.111. The van der Waals surface area contributed by atoms with Crippen molar-refractivity contribution in [3.63, 3.8) is 0 Å². The summed E-state index contributed by atoms with van der Waals surface area (Å²) in [6, 6.07) is 9.64. The standard InChI is InChI=1S/C23H21NO5S2/c1-3-27-23(26)21-14(2)19(12-15-6-8-17-18(11-15)29-13-28-17)31-22(21)24-20(25)9-7-16-5-4-10-30-16/h4-11H,3,12-13H2,1-2H3,(H,24,25)/b9-7+. The van der Waals surface area contributed by atoms with E-state index in [1.807, 2.05) is 42.6 Å². The highest BCUT2D eigenvalue weighted by molar-refractivity contribution is 7.17. The number of fused-ring (bicyclic) bond motifs is 1. The van der Waals surface area contributed by atoms with Crippen LogP contribution in [0.4, 0.5) is 5.00 Å². The van der Waals surface area contributed by atoms with E-state index in [9.17, 15) is 9.59 Å². The van der Waals surface area contributed by atoms with Gasteiger partial charge in [0.25, 0.3) is 0 Å². The Morgan fingerprint density at radius 2 is 2.06 bits per heavy atom. The van der Waals surface area contributed by atoms with Gasteiger partial charge in [-0.3, -0.25) is 4.79 Å². The van der Waals surface area contributed by atoms with Crippen LogP contribution in [-0.2, 0) is 16.0 Å². The molecule has 1 N–H and O–H groups in total. The zero-order valence-corrected chi connectivity index (χ0v) is 18.7. The molecule has 31 heavy (non-hydrogen) atoms. The highest BCUT2D eigenvalue weighted by atomic mass is 32.1. The van der Waals surface area contributed by atoms with E-state index in [0.717, 1.165) is 26.6 Å². The Bertz CT molecular complexity index is 1130. The van der Waals surface area contributed by atoms with E-state index in [1.54, 1.807) is 24.3 Å². The molecule has 0 saturated heterocycles. The zero-order valence-electron chi connectivity index (χ0n) is 17.1. The number of carbonyl (C=O) groups excluding carboxylic acids is 2. The van der Waals surface area contributed by atoms with Gasteiger partial charge in [-0.05, 0) is 54.6 Å². The number of carbonyl (C=O) groups is 2. The number of esters is 1. The fraction of sp³-hybridized carbons (Fsp3) is 0.217. The first-order valence-corrected chi connectivity index (χ1v) is 11.4. The largest absolute Gasteiger partial charge is 0.462 e. The lowest BCUT2D eigenvalue weighted by atomic mass is 10.1. The number of benzene rings is 1. The van der Waals surface area contributed by atoms with Crippen LogP contribution in [0.5, 0.6) is 11.5 Å². The molecular formula is C23H21NO5S2. The van der Waals surface area contributed by atoms with E-state index in [1.165, 1.54) is 17.4 Å². The number of nitrogens with one attached hydrogen (secondary N) is 1. The molecule has 1 aliphatic heterocycles. The SMILES string of the molecule is CCOC(=O)c1c(NC(=O)/C=C/c2cccs2)sc(Cc2ccc3c(c2)OCO3)c1C. The normalized spacial score (nSPS) is 12.3. The summed E-state index contributed by atoms with van der Waals surface area (Å²) in [5, 5.41) is 5.29. The maximum atomic E-state index is 12.6. The second-order valence-corrected chi connectivity index (χ2v) is 8.86. The summed E-state index contributed by atoms with van der Waals surface area (Å²) in [5.74, 6) is 0.703. The number of anilines is 1. The molecule has 0 atom stereocenters. The van der Waals surface area contributed by atoms with Crippen LogP contribution in [0.3, 0.4) is 0 Å². The lowest BCUT2D eigenvalue weighted by Crippen LogP contribution is -2.12. The quantitative estimate of drug-likeness (QED) is 0.388. The second-order valence-electron chi connectivity index (χ2n) is 6.78. The first-order valence-electron chi connectivity index (χ1n) is 9.75. The zero-order chi connectivity index (χ0) is 21.8. The van der Waals surface area contributed by atoms with Gasteiger partial charge in [-0.1, -0.05) is 12.1 Å². The Labute approximate surface area is 188 Å². The Balaban J connectivity index is 1.59. The van der Waals surface area contributed by atoms with Crippen molar-refractivity contribution in [2.45, 2.75) is 20.3 Å². The topological polar surface area (TPSA) is 73.9 Å². The number of thiophene rings is 2. The predicted molar refractivity (Wildman–Crippen MR) is 122 cm³/mol. The molecular weight excluding hydrogens is 434 g/mol. The van der Waals surface area contributed by atoms with Crippen LogP contribution in [0.15, 0.2) is 41.8 Å². The molecule has 3 aromatic rings. The van der Waals surface area contributed by atoms with Crippen molar-refractivity contribution in [3.8, 4) is 11.5 Å². The first kappa shape index (κ1) is 21.1. The van der Waals surface area contributed by atoms with Crippen molar-refractivity contribution in [2.75, 3.05) is 18.7 Å². The Morgan fingerprint density at radius 3 is 2.84 bits per heavy atom. The molecule has 0 unspecified atom stereocenters. The molecule has 1 aromatic carbocycles. The van der Waals surface area contributed by atoms with Gasteiger partial charge in [0.2, 0.25) is 12.7 Å². The van der Waals surface area contributed by atoms with Crippen molar-refractivity contribution in [1.82, 2.24) is 0 Å². The fourth-order valence-corrected chi connectivity index (χ4v) is 5.05. The molecule has 4 rings (SSSR count). The van der Waals surface area contributed by atoms with Gasteiger partial charge in [0.1, 0.15) is 5.00 Å². The minimum absolute atomic E-state index is 0.221. The van der Waals surface area contributed by atoms with Gasteiger partial charge in [-0.2, -0.15) is 0 Å². The highest BCUT2D eigenvalue weighted by Gasteiger charge is 2.24. The molecule has 2 aromatic heterocycles. The van der Waals surface area contributed by atoms with Crippen molar-refractivity contribution >= 4 is 45.6 Å². The van der Waals surface area contributed by atoms with Crippen LogP contribution in [0.1, 0.15) is 38.2 Å².